The van der Waals surface area contributed by atoms with Crippen LogP contribution < -0.4 is 15.1 Å². The Balaban J connectivity index is 1.70. The molecule has 1 atom stereocenters. The normalized spacial score (nSPS) is 17.7. The molecule has 1 N–H and O–H groups in total. The molecule has 0 aliphatic carbocycles. The highest BCUT2D eigenvalue weighted by atomic mass is 79.9. The van der Waals surface area contributed by atoms with Crippen molar-refractivity contribution in [1.29, 1.82) is 0 Å². The lowest BCUT2D eigenvalue weighted by molar-refractivity contribution is 0.0586. The SMILES string of the molecule is COC(=O)c1ncc2c(n1)N(C(=O)Nc1cc(Br)ccn1)C1CCN2C1. The molecule has 0 aromatic carbocycles. The second-order valence-electron chi connectivity index (χ2n) is 5.94. The molecule has 10 heteroatoms. The van der Waals surface area contributed by atoms with Crippen LogP contribution in [0.5, 0.6) is 0 Å². The Kier molecular flexibility index (Phi) is 4.19. The van der Waals surface area contributed by atoms with E-state index in [9.17, 15) is 9.59 Å². The van der Waals surface area contributed by atoms with Gasteiger partial charge in [-0.25, -0.2) is 24.5 Å². The Morgan fingerprint density at radius 3 is 3.00 bits per heavy atom. The van der Waals surface area contributed by atoms with E-state index in [-0.39, 0.29) is 17.9 Å². The summed E-state index contributed by atoms with van der Waals surface area (Å²) in [6, 6.07) is 3.10. The van der Waals surface area contributed by atoms with Gasteiger partial charge in [-0.3, -0.25) is 10.2 Å². The van der Waals surface area contributed by atoms with E-state index in [1.807, 2.05) is 0 Å². The minimum Gasteiger partial charge on any atom is -0.463 e. The Morgan fingerprint density at radius 2 is 2.23 bits per heavy atom. The van der Waals surface area contributed by atoms with Gasteiger partial charge in [0, 0.05) is 23.8 Å². The van der Waals surface area contributed by atoms with Gasteiger partial charge in [0.25, 0.3) is 0 Å². The number of rotatable bonds is 2. The average molecular weight is 419 g/mol. The van der Waals surface area contributed by atoms with Crippen molar-refractivity contribution in [3.63, 3.8) is 0 Å². The molecule has 2 amide bonds. The van der Waals surface area contributed by atoms with Crippen LogP contribution in [0.4, 0.5) is 22.1 Å². The molecule has 4 heterocycles. The van der Waals surface area contributed by atoms with Crippen molar-refractivity contribution in [3.05, 3.63) is 34.8 Å². The lowest BCUT2D eigenvalue weighted by Crippen LogP contribution is -2.48. The Labute approximate surface area is 157 Å². The van der Waals surface area contributed by atoms with Crippen LogP contribution in [-0.2, 0) is 4.74 Å². The first-order valence-electron chi connectivity index (χ1n) is 7.99. The molecule has 0 spiro atoms. The maximum absolute atomic E-state index is 12.9. The third-order valence-electron chi connectivity index (χ3n) is 4.39. The number of esters is 1. The first kappa shape index (κ1) is 16.7. The van der Waals surface area contributed by atoms with Crippen molar-refractivity contribution in [2.45, 2.75) is 12.5 Å². The van der Waals surface area contributed by atoms with Crippen LogP contribution in [0.1, 0.15) is 17.0 Å². The molecular formula is C16H15BrN6O3. The molecule has 2 aliphatic rings. The van der Waals surface area contributed by atoms with Crippen LogP contribution in [0, 0.1) is 0 Å². The highest BCUT2D eigenvalue weighted by Crippen LogP contribution is 2.38. The number of fused-ring (bicyclic) bond motifs is 4. The summed E-state index contributed by atoms with van der Waals surface area (Å²) in [7, 11) is 1.27. The van der Waals surface area contributed by atoms with E-state index in [0.717, 1.165) is 23.1 Å². The highest BCUT2D eigenvalue weighted by molar-refractivity contribution is 9.10. The fourth-order valence-electron chi connectivity index (χ4n) is 3.21. The fraction of sp³-hybridized carbons (Fsp3) is 0.312. The van der Waals surface area contributed by atoms with E-state index in [0.29, 0.717) is 18.2 Å². The zero-order chi connectivity index (χ0) is 18.3. The number of hydrogen-bond acceptors (Lipinski definition) is 7. The van der Waals surface area contributed by atoms with Gasteiger partial charge >= 0.3 is 12.0 Å². The number of urea groups is 1. The van der Waals surface area contributed by atoms with Gasteiger partial charge < -0.3 is 9.64 Å². The monoisotopic (exact) mass is 418 g/mol. The number of ether oxygens (including phenoxy) is 1. The van der Waals surface area contributed by atoms with E-state index >= 15 is 0 Å². The summed E-state index contributed by atoms with van der Waals surface area (Å²) in [5, 5.41) is 2.79. The van der Waals surface area contributed by atoms with Gasteiger partial charge in [0.1, 0.15) is 5.82 Å². The zero-order valence-corrected chi connectivity index (χ0v) is 15.4. The summed E-state index contributed by atoms with van der Waals surface area (Å²) in [5.74, 6) is 0.108. The van der Waals surface area contributed by atoms with Crippen LogP contribution >= 0.6 is 15.9 Å². The minimum atomic E-state index is -0.644. The van der Waals surface area contributed by atoms with Crippen LogP contribution in [0.15, 0.2) is 29.0 Å². The molecule has 4 rings (SSSR count). The number of nitrogens with zero attached hydrogens (tertiary/aromatic N) is 5. The first-order valence-corrected chi connectivity index (χ1v) is 8.78. The lowest BCUT2D eigenvalue weighted by Gasteiger charge is -2.35. The average Bonchev–Trinajstić information content (AvgIpc) is 3.05. The molecule has 9 nitrogen and oxygen atoms in total. The van der Waals surface area contributed by atoms with Crippen molar-refractivity contribution in [1.82, 2.24) is 15.0 Å². The number of carbonyl (C=O) groups is 2. The molecule has 2 bridgehead atoms. The first-order chi connectivity index (χ1) is 12.6. The minimum absolute atomic E-state index is 0.0324. The molecular weight excluding hydrogens is 404 g/mol. The van der Waals surface area contributed by atoms with Crippen LogP contribution in [0.2, 0.25) is 0 Å². The maximum atomic E-state index is 12.9. The van der Waals surface area contributed by atoms with Gasteiger partial charge in [0.05, 0.1) is 25.0 Å². The molecule has 2 aromatic heterocycles. The highest BCUT2D eigenvalue weighted by Gasteiger charge is 2.41. The summed E-state index contributed by atoms with van der Waals surface area (Å²) in [6.07, 6.45) is 3.97. The standard InChI is InChI=1S/C16H15BrN6O3/c1-26-15(24)13-19-7-11-14(21-13)23(10-3-5-22(11)8-10)16(25)20-12-6-9(17)2-4-18-12/h2,4,6-7,10H,3,5,8H2,1H3,(H,18,20,25). The van der Waals surface area contributed by atoms with Gasteiger partial charge in [-0.1, -0.05) is 15.9 Å². The molecule has 134 valence electrons. The van der Waals surface area contributed by atoms with Crippen LogP contribution in [0.25, 0.3) is 0 Å². The third kappa shape index (κ3) is 2.85. The predicted octanol–water partition coefficient (Wildman–Crippen LogP) is 2.05. The number of amides is 2. The third-order valence-corrected chi connectivity index (χ3v) is 4.88. The second-order valence-corrected chi connectivity index (χ2v) is 6.86. The summed E-state index contributed by atoms with van der Waals surface area (Å²) >= 11 is 3.36. The number of halogens is 1. The summed E-state index contributed by atoms with van der Waals surface area (Å²) in [6.45, 7) is 1.50. The molecule has 1 unspecified atom stereocenters. The maximum Gasteiger partial charge on any atom is 0.376 e. The quantitative estimate of drug-likeness (QED) is 0.744. The zero-order valence-electron chi connectivity index (χ0n) is 13.8. The Bertz CT molecular complexity index is 892. The molecule has 1 fully saturated rings. The predicted molar refractivity (Wildman–Crippen MR) is 97.4 cm³/mol. The number of hydrogen-bond donors (Lipinski definition) is 1. The molecule has 1 saturated heterocycles. The van der Waals surface area contributed by atoms with Crippen molar-refractivity contribution in [2.24, 2.45) is 0 Å². The summed E-state index contributed by atoms with van der Waals surface area (Å²) in [5.41, 5.74) is 0.726. The Hall–Kier alpha value is -2.75. The number of pyridine rings is 1. The molecule has 26 heavy (non-hydrogen) atoms. The fourth-order valence-corrected chi connectivity index (χ4v) is 3.54. The molecule has 0 radical (unpaired) electrons. The van der Waals surface area contributed by atoms with Crippen LogP contribution in [-0.4, -0.2) is 53.2 Å². The number of carbonyl (C=O) groups excluding carboxylic acids is 2. The van der Waals surface area contributed by atoms with Gasteiger partial charge in [-0.2, -0.15) is 0 Å². The van der Waals surface area contributed by atoms with Crippen molar-refractivity contribution in [2.75, 3.05) is 35.3 Å². The largest absolute Gasteiger partial charge is 0.463 e. The topological polar surface area (TPSA) is 101 Å². The van der Waals surface area contributed by atoms with E-state index < -0.39 is 5.97 Å². The van der Waals surface area contributed by atoms with Gasteiger partial charge in [0.15, 0.2) is 5.82 Å². The summed E-state index contributed by atoms with van der Waals surface area (Å²) in [4.78, 5) is 40.9. The smallest absolute Gasteiger partial charge is 0.376 e. The van der Waals surface area contributed by atoms with E-state index in [1.54, 1.807) is 29.4 Å². The van der Waals surface area contributed by atoms with Crippen LogP contribution in [0.3, 0.4) is 0 Å². The second kappa shape index (κ2) is 6.52. The van der Waals surface area contributed by atoms with E-state index in [4.69, 9.17) is 0 Å². The van der Waals surface area contributed by atoms with Gasteiger partial charge in [-0.05, 0) is 18.6 Å². The van der Waals surface area contributed by atoms with Crippen molar-refractivity contribution >= 4 is 45.3 Å². The van der Waals surface area contributed by atoms with Gasteiger partial charge in [-0.15, -0.1) is 0 Å². The van der Waals surface area contributed by atoms with E-state index in [2.05, 4.69) is 45.8 Å². The number of aromatic nitrogens is 3. The molecule has 0 saturated carbocycles. The Morgan fingerprint density at radius 1 is 1.38 bits per heavy atom. The van der Waals surface area contributed by atoms with Crippen molar-refractivity contribution < 1.29 is 14.3 Å². The lowest BCUT2D eigenvalue weighted by atomic mass is 10.2. The number of anilines is 3. The summed E-state index contributed by atoms with van der Waals surface area (Å²) < 4.78 is 5.50. The number of nitrogens with one attached hydrogen (secondary N) is 1. The van der Waals surface area contributed by atoms with Gasteiger partial charge in [0.2, 0.25) is 5.82 Å². The number of methoxy groups -OCH3 is 1. The van der Waals surface area contributed by atoms with Crippen molar-refractivity contribution in [3.8, 4) is 0 Å². The molecule has 2 aliphatic heterocycles. The molecule has 2 aromatic rings. The van der Waals surface area contributed by atoms with E-state index in [1.165, 1.54) is 7.11 Å².